The van der Waals surface area contributed by atoms with Crippen molar-refractivity contribution in [2.45, 2.75) is 31.3 Å². The van der Waals surface area contributed by atoms with Crippen LogP contribution in [0.1, 0.15) is 25.8 Å². The first-order valence-corrected chi connectivity index (χ1v) is 10.0. The Kier molecular flexibility index (Phi) is 4.16. The Morgan fingerprint density at radius 2 is 1.88 bits per heavy atom. The fourth-order valence-electron chi connectivity index (χ4n) is 3.46. The van der Waals surface area contributed by atoms with E-state index in [1.807, 2.05) is 12.1 Å². The lowest BCUT2D eigenvalue weighted by molar-refractivity contribution is -0.137. The van der Waals surface area contributed by atoms with Gasteiger partial charge in [-0.2, -0.15) is 0 Å². The molecule has 5 rings (SSSR count). The highest BCUT2D eigenvalue weighted by atomic mass is 31.2. The molecule has 0 radical (unpaired) electrons. The van der Waals surface area contributed by atoms with Crippen molar-refractivity contribution >= 4 is 7.82 Å². The van der Waals surface area contributed by atoms with E-state index in [0.717, 1.165) is 12.2 Å². The van der Waals surface area contributed by atoms with Gasteiger partial charge in [-0.1, -0.05) is 50.3 Å². The zero-order valence-corrected chi connectivity index (χ0v) is 15.4. The Hall–Kier alpha value is -1.39. The van der Waals surface area contributed by atoms with Crippen LogP contribution in [-0.4, -0.2) is 25.4 Å². The Morgan fingerprint density at radius 1 is 1.16 bits per heavy atom. The van der Waals surface area contributed by atoms with Crippen LogP contribution in [0.5, 0.6) is 5.75 Å². The summed E-state index contributed by atoms with van der Waals surface area (Å²) in [4.78, 5) is 0. The molecule has 3 fully saturated rings. The number of phosphoric acid groups is 1. The molecule has 3 heterocycles. The van der Waals surface area contributed by atoms with Gasteiger partial charge in [0.15, 0.2) is 5.60 Å². The van der Waals surface area contributed by atoms with Crippen molar-refractivity contribution in [1.29, 1.82) is 0 Å². The van der Waals surface area contributed by atoms with E-state index in [-0.39, 0.29) is 25.2 Å². The van der Waals surface area contributed by atoms with Crippen molar-refractivity contribution in [3.05, 3.63) is 54.1 Å². The van der Waals surface area contributed by atoms with Crippen LogP contribution < -0.4 is 4.74 Å². The van der Waals surface area contributed by atoms with Crippen LogP contribution in [0.25, 0.3) is 0 Å². The van der Waals surface area contributed by atoms with Crippen LogP contribution in [-0.2, 0) is 23.6 Å². The maximum Gasteiger partial charge on any atom is 0.475 e. The number of phosphoric ester groups is 1. The summed E-state index contributed by atoms with van der Waals surface area (Å²) in [6.07, 6.45) is 9.71. The quantitative estimate of drug-likeness (QED) is 0.743. The van der Waals surface area contributed by atoms with Crippen molar-refractivity contribution < 1.29 is 22.9 Å². The highest BCUT2D eigenvalue weighted by Gasteiger charge is 2.52. The highest BCUT2D eigenvalue weighted by molar-refractivity contribution is 7.48. The van der Waals surface area contributed by atoms with Gasteiger partial charge in [0.05, 0.1) is 0 Å². The number of allylic oxidation sites excluding steroid dienone is 4. The van der Waals surface area contributed by atoms with E-state index in [4.69, 9.17) is 18.3 Å². The lowest BCUT2D eigenvalue weighted by atomic mass is 9.71. The summed E-state index contributed by atoms with van der Waals surface area (Å²) in [7, 11) is -3.32. The summed E-state index contributed by atoms with van der Waals surface area (Å²) in [5.74, 6) is 1.19. The smallest absolute Gasteiger partial charge is 0.475 e. The lowest BCUT2D eigenvalue weighted by Gasteiger charge is -2.44. The van der Waals surface area contributed by atoms with Gasteiger partial charge in [0.1, 0.15) is 25.6 Å². The average Bonchev–Trinajstić information content (AvgIpc) is 2.64. The minimum absolute atomic E-state index is 0.0172. The fraction of sp³-hybridized carbons (Fsp3) is 0.474. The van der Waals surface area contributed by atoms with Crippen molar-refractivity contribution in [2.75, 3.05) is 19.8 Å². The molecule has 5 nitrogen and oxygen atoms in total. The van der Waals surface area contributed by atoms with Gasteiger partial charge in [-0.3, -0.25) is 13.6 Å². The molecule has 25 heavy (non-hydrogen) atoms. The van der Waals surface area contributed by atoms with Gasteiger partial charge in [0.25, 0.3) is 0 Å². The summed E-state index contributed by atoms with van der Waals surface area (Å²) in [6.45, 7) is 5.16. The first-order chi connectivity index (χ1) is 11.9. The SMILES string of the molecule is CC(C)(c1cccc(OC23COP(=O)(OC2)OC3)c1)C1C=CC=CC1. The zero-order chi connectivity index (χ0) is 17.5. The molecule has 1 aromatic rings. The standard InChI is InChI=1S/C19H23O5P/c1-18(2,15-7-4-3-5-8-15)16-9-6-10-17(11-16)24-19-12-21-25(20,22-13-19)23-14-19/h3-7,9-11,15H,8,12-14H2,1-2H3. The van der Waals surface area contributed by atoms with Crippen LogP contribution in [0, 0.1) is 5.92 Å². The molecule has 0 aromatic heterocycles. The van der Waals surface area contributed by atoms with Crippen LogP contribution in [0.3, 0.4) is 0 Å². The zero-order valence-electron chi connectivity index (χ0n) is 14.5. The maximum atomic E-state index is 11.9. The Labute approximate surface area is 148 Å². The summed E-state index contributed by atoms with van der Waals surface area (Å²) in [5.41, 5.74) is 0.463. The molecule has 2 bridgehead atoms. The molecule has 3 aliphatic heterocycles. The van der Waals surface area contributed by atoms with Crippen molar-refractivity contribution in [3.8, 4) is 5.75 Å². The van der Waals surface area contributed by atoms with E-state index in [1.165, 1.54) is 5.56 Å². The topological polar surface area (TPSA) is 54.0 Å². The average molecular weight is 362 g/mol. The van der Waals surface area contributed by atoms with Gasteiger partial charge < -0.3 is 4.74 Å². The van der Waals surface area contributed by atoms with Crippen molar-refractivity contribution in [2.24, 2.45) is 5.92 Å². The van der Waals surface area contributed by atoms with E-state index < -0.39 is 13.4 Å². The van der Waals surface area contributed by atoms with E-state index >= 15 is 0 Å². The van der Waals surface area contributed by atoms with Crippen LogP contribution in [0.15, 0.2) is 48.6 Å². The largest absolute Gasteiger partial charge is 0.480 e. The van der Waals surface area contributed by atoms with E-state index in [1.54, 1.807) is 0 Å². The normalized spacial score (nSPS) is 34.2. The number of hydrogen-bond donors (Lipinski definition) is 0. The summed E-state index contributed by atoms with van der Waals surface area (Å²) in [5, 5.41) is 0. The van der Waals surface area contributed by atoms with Gasteiger partial charge >= 0.3 is 7.82 Å². The third-order valence-electron chi connectivity index (χ3n) is 5.28. The summed E-state index contributed by atoms with van der Waals surface area (Å²) >= 11 is 0. The van der Waals surface area contributed by atoms with Gasteiger partial charge in [-0.15, -0.1) is 0 Å². The second-order valence-corrected chi connectivity index (χ2v) is 9.13. The molecule has 0 amide bonds. The molecule has 3 saturated heterocycles. The number of hydrogen-bond acceptors (Lipinski definition) is 5. The highest BCUT2D eigenvalue weighted by Crippen LogP contribution is 2.58. The van der Waals surface area contributed by atoms with Crippen molar-refractivity contribution in [3.63, 3.8) is 0 Å². The second-order valence-electron chi connectivity index (χ2n) is 7.46. The minimum atomic E-state index is -3.32. The molecule has 1 unspecified atom stereocenters. The lowest BCUT2D eigenvalue weighted by Crippen LogP contribution is -2.55. The molecular formula is C19H23O5P. The number of rotatable bonds is 4. The Morgan fingerprint density at radius 3 is 2.52 bits per heavy atom. The van der Waals surface area contributed by atoms with Gasteiger partial charge in [0, 0.05) is 0 Å². The molecule has 0 saturated carbocycles. The van der Waals surface area contributed by atoms with Gasteiger partial charge in [0.2, 0.25) is 0 Å². The van der Waals surface area contributed by atoms with E-state index in [2.05, 4.69) is 50.3 Å². The first kappa shape index (κ1) is 17.0. The fourth-order valence-corrected chi connectivity index (χ4v) is 4.86. The molecule has 6 heteroatoms. The Balaban J connectivity index is 1.55. The second kappa shape index (κ2) is 6.10. The molecule has 1 aromatic carbocycles. The van der Waals surface area contributed by atoms with Gasteiger partial charge in [-0.05, 0) is 35.4 Å². The third kappa shape index (κ3) is 3.22. The van der Waals surface area contributed by atoms with Gasteiger partial charge in [-0.25, -0.2) is 4.57 Å². The molecule has 1 aliphatic carbocycles. The minimum Gasteiger partial charge on any atom is -0.480 e. The van der Waals surface area contributed by atoms with Crippen LogP contribution in [0.4, 0.5) is 0 Å². The molecule has 4 aliphatic rings. The monoisotopic (exact) mass is 362 g/mol. The first-order valence-electron chi connectivity index (χ1n) is 8.58. The molecule has 134 valence electrons. The van der Waals surface area contributed by atoms with Crippen LogP contribution in [0.2, 0.25) is 0 Å². The summed E-state index contributed by atoms with van der Waals surface area (Å²) < 4.78 is 33.6. The third-order valence-corrected chi connectivity index (χ3v) is 6.61. The van der Waals surface area contributed by atoms with Crippen LogP contribution >= 0.6 is 7.82 Å². The number of fused-ring (bicyclic) bond motifs is 3. The van der Waals surface area contributed by atoms with E-state index in [0.29, 0.717) is 5.92 Å². The van der Waals surface area contributed by atoms with Crippen molar-refractivity contribution in [1.82, 2.24) is 0 Å². The molecular weight excluding hydrogens is 339 g/mol. The Bertz CT molecular complexity index is 736. The predicted molar refractivity (Wildman–Crippen MR) is 94.7 cm³/mol. The van der Waals surface area contributed by atoms with E-state index in [9.17, 15) is 4.57 Å². The number of benzene rings is 1. The maximum absolute atomic E-state index is 11.9. The molecule has 0 N–H and O–H groups in total. The number of ether oxygens (including phenoxy) is 1. The molecule has 1 atom stereocenters. The summed E-state index contributed by atoms with van der Waals surface area (Å²) in [6, 6.07) is 8.14. The molecule has 0 spiro atoms. The predicted octanol–water partition coefficient (Wildman–Crippen LogP) is 4.40.